The average molecular weight is 352 g/mol. The Morgan fingerprint density at radius 3 is 2.73 bits per heavy atom. The molecule has 0 saturated carbocycles. The molecule has 6 nitrogen and oxygen atoms in total. The largest absolute Gasteiger partial charge is 0.497 e. The lowest BCUT2D eigenvalue weighted by Gasteiger charge is -2.28. The molecule has 1 atom stereocenters. The number of nitrogens with zero attached hydrogens (tertiary/aromatic N) is 4. The minimum Gasteiger partial charge on any atom is -0.497 e. The van der Waals surface area contributed by atoms with Crippen LogP contribution in [0.5, 0.6) is 5.75 Å². The molecule has 2 aromatic carbocycles. The second kappa shape index (κ2) is 7.56. The van der Waals surface area contributed by atoms with Crippen LogP contribution in [0.4, 0.5) is 0 Å². The summed E-state index contributed by atoms with van der Waals surface area (Å²) in [4.78, 5) is 15.0. The minimum atomic E-state index is -0.0652. The molecule has 1 aromatic heterocycles. The Hall–Kier alpha value is -2.89. The molecule has 0 aliphatic carbocycles. The Balaban J connectivity index is 1.90. The quantitative estimate of drug-likeness (QED) is 0.679. The summed E-state index contributed by atoms with van der Waals surface area (Å²) in [5.74, 6) is 0.770. The van der Waals surface area contributed by atoms with Gasteiger partial charge in [-0.1, -0.05) is 17.3 Å². The van der Waals surface area contributed by atoms with E-state index in [4.69, 9.17) is 4.74 Å². The fraction of sp³-hybridized carbons (Fsp3) is 0.350. The van der Waals surface area contributed by atoms with Gasteiger partial charge in [0, 0.05) is 18.7 Å². The number of carbonyl (C=O) groups is 1. The topological polar surface area (TPSA) is 60.2 Å². The number of rotatable bonds is 6. The maximum Gasteiger partial charge on any atom is 0.254 e. The molecule has 0 radical (unpaired) electrons. The van der Waals surface area contributed by atoms with Gasteiger partial charge >= 0.3 is 0 Å². The zero-order chi connectivity index (χ0) is 18.7. The molecular weight excluding hydrogens is 328 g/mol. The first-order valence-electron chi connectivity index (χ1n) is 8.87. The van der Waals surface area contributed by atoms with E-state index in [9.17, 15) is 4.79 Å². The van der Waals surface area contributed by atoms with Crippen LogP contribution in [-0.2, 0) is 6.54 Å². The van der Waals surface area contributed by atoms with Crippen molar-refractivity contribution in [3.63, 3.8) is 0 Å². The van der Waals surface area contributed by atoms with Crippen molar-refractivity contribution in [2.45, 2.75) is 33.4 Å². The van der Waals surface area contributed by atoms with Crippen molar-refractivity contribution in [1.82, 2.24) is 19.9 Å². The van der Waals surface area contributed by atoms with E-state index < -0.39 is 0 Å². The molecule has 1 heterocycles. The van der Waals surface area contributed by atoms with Crippen LogP contribution in [0.1, 0.15) is 42.7 Å². The molecule has 0 N–H and O–H groups in total. The number of methoxy groups -OCH3 is 1. The van der Waals surface area contributed by atoms with E-state index in [1.807, 2.05) is 72.8 Å². The van der Waals surface area contributed by atoms with Gasteiger partial charge in [-0.05, 0) is 56.7 Å². The molecule has 0 aliphatic heterocycles. The Morgan fingerprint density at radius 2 is 2.04 bits per heavy atom. The summed E-state index contributed by atoms with van der Waals surface area (Å²) in [5, 5.41) is 8.28. The maximum atomic E-state index is 13.1. The van der Waals surface area contributed by atoms with Crippen LogP contribution in [0.2, 0.25) is 0 Å². The highest BCUT2D eigenvalue weighted by molar-refractivity contribution is 5.97. The van der Waals surface area contributed by atoms with Crippen molar-refractivity contribution in [3.05, 3.63) is 53.6 Å². The summed E-state index contributed by atoms with van der Waals surface area (Å²) in [6.07, 6.45) is 0. The molecule has 3 rings (SSSR count). The Kier molecular flexibility index (Phi) is 5.21. The third-order valence-corrected chi connectivity index (χ3v) is 4.71. The summed E-state index contributed by atoms with van der Waals surface area (Å²) in [6.45, 7) is 7.39. The summed E-state index contributed by atoms with van der Waals surface area (Å²) in [5.41, 5.74) is 3.34. The summed E-state index contributed by atoms with van der Waals surface area (Å²) < 4.78 is 7.12. The van der Waals surface area contributed by atoms with Crippen LogP contribution in [0.25, 0.3) is 11.0 Å². The predicted molar refractivity (Wildman–Crippen MR) is 101 cm³/mol. The lowest BCUT2D eigenvalue weighted by molar-refractivity contribution is 0.0702. The summed E-state index contributed by atoms with van der Waals surface area (Å²) in [7, 11) is 1.64. The zero-order valence-electron chi connectivity index (χ0n) is 15.6. The van der Waals surface area contributed by atoms with Gasteiger partial charge in [0.05, 0.1) is 18.7 Å². The van der Waals surface area contributed by atoms with E-state index in [0.717, 1.165) is 28.9 Å². The Bertz CT molecular complexity index is 919. The number of fused-ring (bicyclic) bond motifs is 1. The SMILES string of the molecule is CCN(C(=O)c1ccc2c(c1)nnn2CC)C(C)c1cccc(OC)c1. The average Bonchev–Trinajstić information content (AvgIpc) is 3.10. The molecule has 0 aliphatic rings. The van der Waals surface area contributed by atoms with Crippen LogP contribution in [-0.4, -0.2) is 39.5 Å². The number of benzene rings is 2. The number of hydrogen-bond acceptors (Lipinski definition) is 4. The van der Waals surface area contributed by atoms with Crippen molar-refractivity contribution in [1.29, 1.82) is 0 Å². The van der Waals surface area contributed by atoms with Gasteiger partial charge in [-0.2, -0.15) is 0 Å². The molecule has 0 saturated heterocycles. The predicted octanol–water partition coefficient (Wildman–Crippen LogP) is 3.68. The van der Waals surface area contributed by atoms with Gasteiger partial charge in [-0.3, -0.25) is 4.79 Å². The molecule has 6 heteroatoms. The number of aryl methyl sites for hydroxylation is 1. The first-order valence-corrected chi connectivity index (χ1v) is 8.87. The van der Waals surface area contributed by atoms with E-state index in [2.05, 4.69) is 10.3 Å². The molecule has 136 valence electrons. The molecule has 0 fully saturated rings. The first-order chi connectivity index (χ1) is 12.6. The van der Waals surface area contributed by atoms with Crippen LogP contribution < -0.4 is 4.74 Å². The maximum absolute atomic E-state index is 13.1. The van der Waals surface area contributed by atoms with Crippen LogP contribution >= 0.6 is 0 Å². The molecule has 0 bridgehead atoms. The molecule has 1 unspecified atom stereocenters. The van der Waals surface area contributed by atoms with Crippen LogP contribution in [0.3, 0.4) is 0 Å². The van der Waals surface area contributed by atoms with E-state index in [-0.39, 0.29) is 11.9 Å². The fourth-order valence-corrected chi connectivity index (χ4v) is 3.18. The number of ether oxygens (including phenoxy) is 1. The molecule has 3 aromatic rings. The molecule has 0 spiro atoms. The van der Waals surface area contributed by atoms with Crippen molar-refractivity contribution in [2.24, 2.45) is 0 Å². The molecule has 26 heavy (non-hydrogen) atoms. The van der Waals surface area contributed by atoms with Gasteiger partial charge in [0.2, 0.25) is 0 Å². The van der Waals surface area contributed by atoms with Gasteiger partial charge in [-0.15, -0.1) is 5.10 Å². The van der Waals surface area contributed by atoms with Gasteiger partial charge in [0.1, 0.15) is 11.3 Å². The van der Waals surface area contributed by atoms with E-state index in [1.54, 1.807) is 7.11 Å². The highest BCUT2D eigenvalue weighted by atomic mass is 16.5. The smallest absolute Gasteiger partial charge is 0.254 e. The number of aromatic nitrogens is 3. The van der Waals surface area contributed by atoms with E-state index in [1.165, 1.54) is 0 Å². The molecular formula is C20H24N4O2. The van der Waals surface area contributed by atoms with Crippen LogP contribution in [0, 0.1) is 0 Å². The number of carbonyl (C=O) groups excluding carboxylic acids is 1. The Morgan fingerprint density at radius 1 is 1.23 bits per heavy atom. The molecule has 1 amide bonds. The standard InChI is InChI=1S/C20H24N4O2/c1-5-23(14(3)15-8-7-9-17(12-15)26-4)20(25)16-10-11-19-18(13-16)21-22-24(19)6-2/h7-14H,5-6H2,1-4H3. The normalized spacial score (nSPS) is 12.2. The second-order valence-electron chi connectivity index (χ2n) is 6.15. The van der Waals surface area contributed by atoms with Crippen molar-refractivity contribution >= 4 is 16.9 Å². The third kappa shape index (κ3) is 3.27. The van der Waals surface area contributed by atoms with Gasteiger partial charge < -0.3 is 9.64 Å². The number of amides is 1. The minimum absolute atomic E-state index is 0.0178. The zero-order valence-corrected chi connectivity index (χ0v) is 15.6. The fourth-order valence-electron chi connectivity index (χ4n) is 3.18. The van der Waals surface area contributed by atoms with Crippen LogP contribution in [0.15, 0.2) is 42.5 Å². The van der Waals surface area contributed by atoms with E-state index in [0.29, 0.717) is 12.1 Å². The van der Waals surface area contributed by atoms with E-state index >= 15 is 0 Å². The van der Waals surface area contributed by atoms with Crippen molar-refractivity contribution in [2.75, 3.05) is 13.7 Å². The summed E-state index contributed by atoms with van der Waals surface area (Å²) >= 11 is 0. The van der Waals surface area contributed by atoms with Crippen molar-refractivity contribution in [3.8, 4) is 5.75 Å². The monoisotopic (exact) mass is 352 g/mol. The number of hydrogen-bond donors (Lipinski definition) is 0. The third-order valence-electron chi connectivity index (χ3n) is 4.71. The van der Waals surface area contributed by atoms with Gasteiger partial charge in [0.25, 0.3) is 5.91 Å². The lowest BCUT2D eigenvalue weighted by atomic mass is 10.0. The second-order valence-corrected chi connectivity index (χ2v) is 6.15. The Labute approximate surface area is 153 Å². The lowest BCUT2D eigenvalue weighted by Crippen LogP contribution is -2.33. The highest BCUT2D eigenvalue weighted by Gasteiger charge is 2.22. The summed E-state index contributed by atoms with van der Waals surface area (Å²) in [6, 6.07) is 13.3. The first kappa shape index (κ1) is 17.9. The van der Waals surface area contributed by atoms with Crippen molar-refractivity contribution < 1.29 is 9.53 Å². The van der Waals surface area contributed by atoms with Gasteiger partial charge in [-0.25, -0.2) is 4.68 Å². The highest BCUT2D eigenvalue weighted by Crippen LogP contribution is 2.26. The van der Waals surface area contributed by atoms with Gasteiger partial charge in [0.15, 0.2) is 0 Å².